The first kappa shape index (κ1) is 15.7. The van der Waals surface area contributed by atoms with Crippen molar-refractivity contribution in [1.29, 1.82) is 0 Å². The van der Waals surface area contributed by atoms with Gasteiger partial charge in [-0.25, -0.2) is 8.37 Å². The molecular weight excluding hydrogens is 296 g/mol. The van der Waals surface area contributed by atoms with Gasteiger partial charge in [-0.2, -0.15) is 16.8 Å². The van der Waals surface area contributed by atoms with Crippen molar-refractivity contribution in [3.63, 3.8) is 0 Å². The predicted molar refractivity (Wildman–Crippen MR) is 54.3 cm³/mol. The molecule has 2 unspecified atom stereocenters. The quantitative estimate of drug-likeness (QED) is 0.492. The Kier molecular flexibility index (Phi) is 5.02. The van der Waals surface area contributed by atoms with E-state index in [0.717, 1.165) is 0 Å². The number of rotatable bonds is 5. The van der Waals surface area contributed by atoms with E-state index in [1.54, 1.807) is 0 Å². The maximum absolute atomic E-state index is 10.5. The lowest BCUT2D eigenvalue weighted by Crippen LogP contribution is -2.45. The van der Waals surface area contributed by atoms with Crippen molar-refractivity contribution in [1.82, 2.24) is 0 Å². The lowest BCUT2D eigenvalue weighted by atomic mass is 10.0. The first-order valence-corrected chi connectivity index (χ1v) is 7.37. The van der Waals surface area contributed by atoms with Gasteiger partial charge in [-0.1, -0.05) is 0 Å². The minimum atomic E-state index is -4.75. The van der Waals surface area contributed by atoms with Crippen LogP contribution >= 0.6 is 0 Å². The van der Waals surface area contributed by atoms with Crippen molar-refractivity contribution in [2.75, 3.05) is 13.2 Å². The Hall–Kier alpha value is -0.340. The Morgan fingerprint density at radius 1 is 1.17 bits per heavy atom. The molecule has 3 atom stereocenters. The van der Waals surface area contributed by atoms with Crippen LogP contribution in [-0.2, 0) is 33.9 Å². The van der Waals surface area contributed by atoms with Crippen LogP contribution in [0.3, 0.4) is 0 Å². The Morgan fingerprint density at radius 3 is 2.28 bits per heavy atom. The molecule has 1 rings (SSSR count). The average molecular weight is 308 g/mol. The summed E-state index contributed by atoms with van der Waals surface area (Å²) in [4.78, 5) is 0. The summed E-state index contributed by atoms with van der Waals surface area (Å²) < 4.78 is 71.5. The molecule has 1 heterocycles. The molecule has 0 aromatic carbocycles. The van der Waals surface area contributed by atoms with Crippen LogP contribution in [0.4, 0.5) is 0 Å². The SMILES string of the molecule is O=S(=O)(O)OC[C@H]1CC(OS(=O)(=O)O)C(O)CO1. The van der Waals surface area contributed by atoms with E-state index in [4.69, 9.17) is 13.8 Å². The smallest absolute Gasteiger partial charge is 0.388 e. The van der Waals surface area contributed by atoms with Crippen LogP contribution in [0.2, 0.25) is 0 Å². The van der Waals surface area contributed by atoms with Gasteiger partial charge in [0.25, 0.3) is 0 Å². The van der Waals surface area contributed by atoms with Crippen molar-refractivity contribution in [2.24, 2.45) is 0 Å². The summed E-state index contributed by atoms with van der Waals surface area (Å²) in [5.74, 6) is 0. The first-order chi connectivity index (χ1) is 8.07. The third-order valence-electron chi connectivity index (χ3n) is 2.08. The number of ether oxygens (including phenoxy) is 1. The van der Waals surface area contributed by atoms with Gasteiger partial charge in [0, 0.05) is 6.42 Å². The molecule has 12 heteroatoms. The largest absolute Gasteiger partial charge is 0.397 e. The highest BCUT2D eigenvalue weighted by molar-refractivity contribution is 7.81. The highest BCUT2D eigenvalue weighted by Gasteiger charge is 2.34. The Morgan fingerprint density at radius 2 is 1.78 bits per heavy atom. The second-order valence-corrected chi connectivity index (χ2v) is 5.67. The van der Waals surface area contributed by atoms with E-state index >= 15 is 0 Å². The number of aliphatic hydroxyl groups is 1. The molecule has 0 aromatic rings. The molecule has 108 valence electrons. The highest BCUT2D eigenvalue weighted by atomic mass is 32.3. The van der Waals surface area contributed by atoms with Crippen molar-refractivity contribution in [3.8, 4) is 0 Å². The molecule has 1 fully saturated rings. The standard InChI is InChI=1S/C6H12O10S2/c7-5-3-14-4(2-15-17(8,9)10)1-6(5)16-18(11,12)13/h4-7H,1-3H2,(H,8,9,10)(H,11,12,13)/t4-,5?,6?/m1/s1. The maximum atomic E-state index is 10.5. The summed E-state index contributed by atoms with van der Waals surface area (Å²) in [6, 6.07) is 0. The van der Waals surface area contributed by atoms with E-state index in [2.05, 4.69) is 8.37 Å². The molecule has 1 aliphatic rings. The summed E-state index contributed by atoms with van der Waals surface area (Å²) in [6.07, 6.45) is -3.74. The molecule has 1 saturated heterocycles. The Balaban J connectivity index is 2.55. The van der Waals surface area contributed by atoms with Crippen molar-refractivity contribution >= 4 is 20.8 Å². The second kappa shape index (κ2) is 5.75. The predicted octanol–water partition coefficient (Wildman–Crippen LogP) is -1.86. The Bertz CT molecular complexity index is 467. The van der Waals surface area contributed by atoms with Gasteiger partial charge in [-0.3, -0.25) is 9.11 Å². The first-order valence-electron chi connectivity index (χ1n) is 4.64. The molecule has 0 amide bonds. The van der Waals surface area contributed by atoms with Crippen LogP contribution < -0.4 is 0 Å². The van der Waals surface area contributed by atoms with Crippen molar-refractivity contribution in [3.05, 3.63) is 0 Å². The molecule has 0 aliphatic carbocycles. The van der Waals surface area contributed by atoms with Gasteiger partial charge in [0.15, 0.2) is 0 Å². The van der Waals surface area contributed by atoms with Gasteiger partial charge >= 0.3 is 20.8 Å². The molecule has 0 radical (unpaired) electrons. The molecule has 18 heavy (non-hydrogen) atoms. The minimum absolute atomic E-state index is 0.240. The zero-order valence-corrected chi connectivity index (χ0v) is 10.5. The van der Waals surface area contributed by atoms with Gasteiger partial charge in [0.1, 0.15) is 12.2 Å². The number of hydrogen-bond donors (Lipinski definition) is 3. The zero-order valence-electron chi connectivity index (χ0n) is 8.87. The van der Waals surface area contributed by atoms with E-state index in [1.807, 2.05) is 0 Å². The van der Waals surface area contributed by atoms with Crippen LogP contribution in [0.25, 0.3) is 0 Å². The second-order valence-electron chi connectivity index (χ2n) is 3.53. The van der Waals surface area contributed by atoms with E-state index in [-0.39, 0.29) is 13.0 Å². The van der Waals surface area contributed by atoms with Gasteiger partial charge < -0.3 is 9.84 Å². The van der Waals surface area contributed by atoms with E-state index in [0.29, 0.717) is 0 Å². The topological polar surface area (TPSA) is 157 Å². The van der Waals surface area contributed by atoms with Gasteiger partial charge in [-0.05, 0) is 0 Å². The van der Waals surface area contributed by atoms with Crippen LogP contribution in [0.5, 0.6) is 0 Å². The lowest BCUT2D eigenvalue weighted by Gasteiger charge is -2.31. The molecule has 3 N–H and O–H groups in total. The van der Waals surface area contributed by atoms with Crippen LogP contribution in [0, 0.1) is 0 Å². The van der Waals surface area contributed by atoms with E-state index < -0.39 is 45.7 Å². The average Bonchev–Trinajstić information content (AvgIpc) is 2.16. The molecule has 0 aromatic heterocycles. The van der Waals surface area contributed by atoms with Crippen LogP contribution in [0.1, 0.15) is 6.42 Å². The number of aliphatic hydroxyl groups excluding tert-OH is 1. The Labute approximate surface area is 103 Å². The fraction of sp³-hybridized carbons (Fsp3) is 1.00. The molecule has 0 spiro atoms. The van der Waals surface area contributed by atoms with Crippen LogP contribution in [0.15, 0.2) is 0 Å². The molecule has 10 nitrogen and oxygen atoms in total. The molecular formula is C6H12O10S2. The van der Waals surface area contributed by atoms with Gasteiger partial charge in [0.2, 0.25) is 0 Å². The van der Waals surface area contributed by atoms with E-state index in [1.165, 1.54) is 0 Å². The molecule has 0 bridgehead atoms. The molecule has 1 aliphatic heterocycles. The normalized spacial score (nSPS) is 30.3. The zero-order chi connectivity index (χ0) is 14.0. The summed E-state index contributed by atoms with van der Waals surface area (Å²) in [5.41, 5.74) is 0. The van der Waals surface area contributed by atoms with E-state index in [9.17, 15) is 21.9 Å². The van der Waals surface area contributed by atoms with Crippen molar-refractivity contribution < 1.29 is 44.2 Å². The van der Waals surface area contributed by atoms with Gasteiger partial charge in [-0.15, -0.1) is 0 Å². The summed E-state index contributed by atoms with van der Waals surface area (Å²) in [7, 11) is -9.39. The number of hydrogen-bond acceptors (Lipinski definition) is 8. The lowest BCUT2D eigenvalue weighted by molar-refractivity contribution is -0.121. The minimum Gasteiger partial charge on any atom is -0.388 e. The third kappa shape index (κ3) is 6.01. The highest BCUT2D eigenvalue weighted by Crippen LogP contribution is 2.19. The summed E-state index contributed by atoms with van der Waals surface area (Å²) in [5, 5.41) is 9.34. The monoisotopic (exact) mass is 308 g/mol. The maximum Gasteiger partial charge on any atom is 0.397 e. The fourth-order valence-electron chi connectivity index (χ4n) is 1.36. The third-order valence-corrected chi connectivity index (χ3v) is 3.00. The van der Waals surface area contributed by atoms with Crippen LogP contribution in [-0.4, -0.2) is 62.6 Å². The fourth-order valence-corrected chi connectivity index (χ4v) is 2.21. The van der Waals surface area contributed by atoms with Gasteiger partial charge in [0.05, 0.1) is 19.3 Å². The molecule has 0 saturated carbocycles. The van der Waals surface area contributed by atoms with Crippen molar-refractivity contribution in [2.45, 2.75) is 24.7 Å². The summed E-state index contributed by atoms with van der Waals surface area (Å²) >= 11 is 0. The summed E-state index contributed by atoms with van der Waals surface area (Å²) in [6.45, 7) is -0.906.